The molecule has 2 saturated heterocycles. The molecule has 0 aromatic heterocycles. The van der Waals surface area contributed by atoms with Gasteiger partial charge in [0, 0.05) is 31.7 Å². The molecule has 2 unspecified atom stereocenters. The zero-order valence-corrected chi connectivity index (χ0v) is 10.3. The van der Waals surface area contributed by atoms with Crippen LogP contribution in [0.4, 0.5) is 4.79 Å². The molecular formula is C14H18N2O2. The summed E-state index contributed by atoms with van der Waals surface area (Å²) in [6.45, 7) is 2.28. The quantitative estimate of drug-likeness (QED) is 0.868. The molecule has 2 heterocycles. The minimum atomic E-state index is -0.772. The van der Waals surface area contributed by atoms with Gasteiger partial charge >= 0.3 is 6.09 Å². The molecule has 2 bridgehead atoms. The Morgan fingerprint density at radius 3 is 2.33 bits per heavy atom. The van der Waals surface area contributed by atoms with Crippen LogP contribution in [0.5, 0.6) is 0 Å². The Hall–Kier alpha value is -1.55. The maximum atomic E-state index is 11.0. The van der Waals surface area contributed by atoms with Crippen LogP contribution in [0.15, 0.2) is 30.3 Å². The minimum absolute atomic E-state index is 0.403. The number of amides is 1. The second-order valence-corrected chi connectivity index (χ2v) is 5.23. The van der Waals surface area contributed by atoms with Crippen molar-refractivity contribution in [2.75, 3.05) is 13.1 Å². The van der Waals surface area contributed by atoms with Gasteiger partial charge in [0.2, 0.25) is 0 Å². The molecule has 2 atom stereocenters. The minimum Gasteiger partial charge on any atom is -0.465 e. The van der Waals surface area contributed by atoms with Gasteiger partial charge in [-0.2, -0.15) is 0 Å². The number of nitrogens with zero attached hydrogens (tertiary/aromatic N) is 2. The van der Waals surface area contributed by atoms with Gasteiger partial charge in [-0.25, -0.2) is 4.79 Å². The predicted octanol–water partition coefficient (Wildman–Crippen LogP) is 2.01. The summed E-state index contributed by atoms with van der Waals surface area (Å²) in [6, 6.07) is 11.2. The molecule has 0 saturated carbocycles. The van der Waals surface area contributed by atoms with Crippen molar-refractivity contribution in [2.45, 2.75) is 31.5 Å². The fraction of sp³-hybridized carbons (Fsp3) is 0.500. The van der Waals surface area contributed by atoms with E-state index >= 15 is 0 Å². The average molecular weight is 246 g/mol. The Labute approximate surface area is 107 Å². The highest BCUT2D eigenvalue weighted by Crippen LogP contribution is 2.31. The number of rotatable bonds is 2. The fourth-order valence-corrected chi connectivity index (χ4v) is 3.20. The molecule has 4 nitrogen and oxygen atoms in total. The van der Waals surface area contributed by atoms with E-state index in [1.165, 1.54) is 5.56 Å². The van der Waals surface area contributed by atoms with Gasteiger partial charge < -0.3 is 10.0 Å². The number of likely N-dealkylation sites (tertiary alicyclic amines) is 1. The lowest BCUT2D eigenvalue weighted by atomic mass is 10.1. The van der Waals surface area contributed by atoms with Gasteiger partial charge in [-0.1, -0.05) is 30.3 Å². The first-order valence-electron chi connectivity index (χ1n) is 6.51. The molecule has 0 aliphatic carbocycles. The molecule has 1 aromatic rings. The second-order valence-electron chi connectivity index (χ2n) is 5.23. The summed E-state index contributed by atoms with van der Waals surface area (Å²) in [4.78, 5) is 15.1. The zero-order chi connectivity index (χ0) is 12.5. The largest absolute Gasteiger partial charge is 0.465 e. The van der Waals surface area contributed by atoms with E-state index in [1.54, 1.807) is 4.90 Å². The van der Waals surface area contributed by atoms with Crippen LogP contribution in [0.25, 0.3) is 0 Å². The Bertz CT molecular complexity index is 421. The van der Waals surface area contributed by atoms with E-state index in [0.29, 0.717) is 25.2 Å². The van der Waals surface area contributed by atoms with Crippen LogP contribution in [-0.2, 0) is 6.54 Å². The van der Waals surface area contributed by atoms with Crippen LogP contribution in [-0.4, -0.2) is 46.2 Å². The number of piperazine rings is 1. The first-order valence-corrected chi connectivity index (χ1v) is 6.51. The summed E-state index contributed by atoms with van der Waals surface area (Å²) in [5, 5.41) is 9.08. The van der Waals surface area contributed by atoms with E-state index in [-0.39, 0.29) is 0 Å². The molecule has 1 N–H and O–H groups in total. The highest BCUT2D eigenvalue weighted by molar-refractivity contribution is 5.65. The molecule has 4 heteroatoms. The number of hydrogen-bond acceptors (Lipinski definition) is 2. The van der Waals surface area contributed by atoms with Crippen LogP contribution in [0.2, 0.25) is 0 Å². The highest BCUT2D eigenvalue weighted by atomic mass is 16.4. The topological polar surface area (TPSA) is 43.8 Å². The molecule has 2 aliphatic heterocycles. The van der Waals surface area contributed by atoms with Gasteiger partial charge in [0.05, 0.1) is 0 Å². The van der Waals surface area contributed by atoms with E-state index in [9.17, 15) is 4.79 Å². The molecule has 2 fully saturated rings. The lowest BCUT2D eigenvalue weighted by Crippen LogP contribution is -2.54. The zero-order valence-electron chi connectivity index (χ0n) is 10.3. The molecule has 2 aliphatic rings. The van der Waals surface area contributed by atoms with Crippen molar-refractivity contribution in [3.8, 4) is 0 Å². The molecule has 0 spiro atoms. The average Bonchev–Trinajstić information content (AvgIpc) is 2.62. The standard InChI is InChI=1S/C14H18N2O2/c17-14(18)15-9-12-6-7-13(10-15)16(12)8-11-4-2-1-3-5-11/h1-5,12-13H,6-10H2,(H,17,18). The van der Waals surface area contributed by atoms with Crippen molar-refractivity contribution >= 4 is 6.09 Å². The summed E-state index contributed by atoms with van der Waals surface area (Å²) in [5.74, 6) is 0. The third-order valence-electron chi connectivity index (χ3n) is 4.11. The highest BCUT2D eigenvalue weighted by Gasteiger charge is 2.41. The normalized spacial score (nSPS) is 27.4. The van der Waals surface area contributed by atoms with Gasteiger partial charge in [0.25, 0.3) is 0 Å². The third kappa shape index (κ3) is 2.08. The number of hydrogen-bond donors (Lipinski definition) is 1. The Morgan fingerprint density at radius 1 is 1.17 bits per heavy atom. The third-order valence-corrected chi connectivity index (χ3v) is 4.11. The van der Waals surface area contributed by atoms with Crippen LogP contribution in [0.3, 0.4) is 0 Å². The van der Waals surface area contributed by atoms with E-state index in [1.807, 2.05) is 6.07 Å². The van der Waals surface area contributed by atoms with Crippen LogP contribution in [0, 0.1) is 0 Å². The van der Waals surface area contributed by atoms with E-state index in [4.69, 9.17) is 5.11 Å². The fourth-order valence-electron chi connectivity index (χ4n) is 3.20. The van der Waals surface area contributed by atoms with Crippen LogP contribution in [0.1, 0.15) is 18.4 Å². The van der Waals surface area contributed by atoms with Gasteiger partial charge in [-0.15, -0.1) is 0 Å². The van der Waals surface area contributed by atoms with Crippen molar-refractivity contribution in [1.29, 1.82) is 0 Å². The maximum absolute atomic E-state index is 11.0. The second kappa shape index (κ2) is 4.61. The SMILES string of the molecule is O=C(O)N1CC2CCC(C1)N2Cc1ccccc1. The first-order chi connectivity index (χ1) is 8.74. The Morgan fingerprint density at radius 2 is 1.78 bits per heavy atom. The van der Waals surface area contributed by atoms with E-state index < -0.39 is 6.09 Å². The Balaban J connectivity index is 1.71. The number of carbonyl (C=O) groups is 1. The summed E-state index contributed by atoms with van der Waals surface area (Å²) >= 11 is 0. The molecule has 1 amide bonds. The number of fused-ring (bicyclic) bond motifs is 2. The summed E-state index contributed by atoms with van der Waals surface area (Å²) in [7, 11) is 0. The smallest absolute Gasteiger partial charge is 0.407 e. The van der Waals surface area contributed by atoms with Gasteiger partial charge in [0.1, 0.15) is 0 Å². The van der Waals surface area contributed by atoms with Gasteiger partial charge in [0.15, 0.2) is 0 Å². The summed E-state index contributed by atoms with van der Waals surface area (Å²) in [6.07, 6.45) is 1.48. The van der Waals surface area contributed by atoms with Gasteiger partial charge in [-0.3, -0.25) is 4.90 Å². The summed E-state index contributed by atoms with van der Waals surface area (Å²) < 4.78 is 0. The van der Waals surface area contributed by atoms with Crippen molar-refractivity contribution in [2.24, 2.45) is 0 Å². The number of carboxylic acid groups (broad SMARTS) is 1. The monoisotopic (exact) mass is 246 g/mol. The van der Waals surface area contributed by atoms with E-state index in [0.717, 1.165) is 19.4 Å². The maximum Gasteiger partial charge on any atom is 0.407 e. The molecular weight excluding hydrogens is 228 g/mol. The van der Waals surface area contributed by atoms with Crippen LogP contribution >= 0.6 is 0 Å². The molecule has 18 heavy (non-hydrogen) atoms. The van der Waals surface area contributed by atoms with E-state index in [2.05, 4.69) is 29.2 Å². The number of benzene rings is 1. The molecule has 0 radical (unpaired) electrons. The van der Waals surface area contributed by atoms with Gasteiger partial charge in [-0.05, 0) is 18.4 Å². The van der Waals surface area contributed by atoms with Crippen LogP contribution < -0.4 is 0 Å². The lowest BCUT2D eigenvalue weighted by molar-refractivity contribution is 0.0584. The predicted molar refractivity (Wildman–Crippen MR) is 68.4 cm³/mol. The van der Waals surface area contributed by atoms with Crippen molar-refractivity contribution < 1.29 is 9.90 Å². The van der Waals surface area contributed by atoms with Crippen molar-refractivity contribution in [1.82, 2.24) is 9.80 Å². The molecule has 96 valence electrons. The summed E-state index contributed by atoms with van der Waals surface area (Å²) in [5.41, 5.74) is 1.32. The first kappa shape index (κ1) is 11.5. The van der Waals surface area contributed by atoms with Crippen molar-refractivity contribution in [3.63, 3.8) is 0 Å². The lowest BCUT2D eigenvalue weighted by Gasteiger charge is -2.39. The molecule has 3 rings (SSSR count). The molecule has 1 aromatic carbocycles. The Kier molecular flexibility index (Phi) is 2.96. The van der Waals surface area contributed by atoms with Crippen molar-refractivity contribution in [3.05, 3.63) is 35.9 Å².